The molecule has 0 atom stereocenters. The Kier molecular flexibility index (Phi) is 6.04. The van der Waals surface area contributed by atoms with E-state index in [4.69, 9.17) is 9.47 Å². The van der Waals surface area contributed by atoms with Gasteiger partial charge in [0, 0.05) is 10.9 Å². The summed E-state index contributed by atoms with van der Waals surface area (Å²) in [5, 5.41) is 2.92. The second kappa shape index (κ2) is 8.02. The Labute approximate surface area is 144 Å². The summed E-state index contributed by atoms with van der Waals surface area (Å²) in [6, 6.07) is 11.5. The largest absolute Gasteiger partial charge is 0.493 e. The van der Waals surface area contributed by atoms with Crippen molar-refractivity contribution >= 4 is 27.5 Å². The predicted octanol–water partition coefficient (Wildman–Crippen LogP) is 4.35. The standard InChI is InChI=1S/C18H20BrNO3/c1-12-4-7-15(14(19)10-12)20-18(21)9-6-13-5-8-16(22-2)17(11-13)23-3/h4-5,7-8,10-11H,6,9H2,1-3H3,(H,20,21). The van der Waals surface area contributed by atoms with Gasteiger partial charge in [-0.15, -0.1) is 0 Å². The maximum Gasteiger partial charge on any atom is 0.224 e. The van der Waals surface area contributed by atoms with Crippen molar-refractivity contribution in [3.63, 3.8) is 0 Å². The number of nitrogens with one attached hydrogen (secondary N) is 1. The summed E-state index contributed by atoms with van der Waals surface area (Å²) in [4.78, 5) is 12.1. The number of anilines is 1. The van der Waals surface area contributed by atoms with Crippen molar-refractivity contribution in [1.29, 1.82) is 0 Å². The summed E-state index contributed by atoms with van der Waals surface area (Å²) in [7, 11) is 3.20. The summed E-state index contributed by atoms with van der Waals surface area (Å²) in [5.41, 5.74) is 2.95. The van der Waals surface area contributed by atoms with Crippen molar-refractivity contribution in [1.82, 2.24) is 0 Å². The van der Waals surface area contributed by atoms with E-state index >= 15 is 0 Å². The number of halogens is 1. The zero-order chi connectivity index (χ0) is 16.8. The van der Waals surface area contributed by atoms with Gasteiger partial charge in [-0.2, -0.15) is 0 Å². The van der Waals surface area contributed by atoms with Gasteiger partial charge in [0.1, 0.15) is 0 Å². The van der Waals surface area contributed by atoms with Crippen LogP contribution in [0.4, 0.5) is 5.69 Å². The van der Waals surface area contributed by atoms with Gasteiger partial charge in [0.05, 0.1) is 19.9 Å². The topological polar surface area (TPSA) is 47.6 Å². The lowest BCUT2D eigenvalue weighted by molar-refractivity contribution is -0.116. The number of methoxy groups -OCH3 is 2. The van der Waals surface area contributed by atoms with E-state index in [2.05, 4.69) is 21.2 Å². The van der Waals surface area contributed by atoms with Crippen LogP contribution in [0.25, 0.3) is 0 Å². The normalized spacial score (nSPS) is 10.3. The number of benzene rings is 2. The molecule has 0 fully saturated rings. The third-order valence-electron chi connectivity index (χ3n) is 3.49. The van der Waals surface area contributed by atoms with Crippen LogP contribution in [-0.2, 0) is 11.2 Å². The lowest BCUT2D eigenvalue weighted by Gasteiger charge is -2.10. The molecule has 0 saturated heterocycles. The van der Waals surface area contributed by atoms with E-state index in [1.54, 1.807) is 14.2 Å². The first-order chi connectivity index (χ1) is 11.0. The zero-order valence-corrected chi connectivity index (χ0v) is 15.1. The first kappa shape index (κ1) is 17.3. The van der Waals surface area contributed by atoms with Crippen LogP contribution in [0.2, 0.25) is 0 Å². The average molecular weight is 378 g/mol. The fraction of sp³-hybridized carbons (Fsp3) is 0.278. The molecule has 5 heteroatoms. The Hall–Kier alpha value is -2.01. The fourth-order valence-electron chi connectivity index (χ4n) is 2.23. The molecule has 4 nitrogen and oxygen atoms in total. The number of hydrogen-bond acceptors (Lipinski definition) is 3. The average Bonchev–Trinajstić information content (AvgIpc) is 2.55. The molecule has 0 aromatic heterocycles. The first-order valence-corrected chi connectivity index (χ1v) is 8.09. The minimum Gasteiger partial charge on any atom is -0.493 e. The molecular weight excluding hydrogens is 358 g/mol. The Morgan fingerprint density at radius 1 is 1.09 bits per heavy atom. The number of rotatable bonds is 6. The van der Waals surface area contributed by atoms with E-state index in [1.807, 2.05) is 43.3 Å². The van der Waals surface area contributed by atoms with Gasteiger partial charge in [-0.3, -0.25) is 4.79 Å². The molecule has 122 valence electrons. The maximum atomic E-state index is 12.1. The van der Waals surface area contributed by atoms with Gasteiger partial charge in [0.25, 0.3) is 0 Å². The van der Waals surface area contributed by atoms with Crippen LogP contribution < -0.4 is 14.8 Å². The highest BCUT2D eigenvalue weighted by atomic mass is 79.9. The lowest BCUT2D eigenvalue weighted by atomic mass is 10.1. The molecule has 2 aromatic rings. The van der Waals surface area contributed by atoms with E-state index in [1.165, 1.54) is 0 Å². The molecule has 1 amide bonds. The number of amides is 1. The summed E-state index contributed by atoms with van der Waals surface area (Å²) in [5.74, 6) is 1.33. The van der Waals surface area contributed by atoms with Gasteiger partial charge in [-0.1, -0.05) is 12.1 Å². The second-order valence-corrected chi connectivity index (χ2v) is 6.08. The number of carbonyl (C=O) groups is 1. The highest BCUT2D eigenvalue weighted by Crippen LogP contribution is 2.28. The Morgan fingerprint density at radius 2 is 1.83 bits per heavy atom. The molecule has 0 aliphatic carbocycles. The van der Waals surface area contributed by atoms with Crippen molar-refractivity contribution < 1.29 is 14.3 Å². The van der Waals surface area contributed by atoms with Crippen LogP contribution >= 0.6 is 15.9 Å². The van der Waals surface area contributed by atoms with Gasteiger partial charge in [0.15, 0.2) is 11.5 Å². The van der Waals surface area contributed by atoms with Gasteiger partial charge < -0.3 is 14.8 Å². The molecule has 0 radical (unpaired) electrons. The minimum absolute atomic E-state index is 0.0238. The van der Waals surface area contributed by atoms with Crippen LogP contribution in [0.3, 0.4) is 0 Å². The van der Waals surface area contributed by atoms with Crippen LogP contribution in [0.1, 0.15) is 17.5 Å². The van der Waals surface area contributed by atoms with E-state index in [9.17, 15) is 4.79 Å². The molecular formula is C18H20BrNO3. The Morgan fingerprint density at radius 3 is 2.48 bits per heavy atom. The molecule has 1 N–H and O–H groups in total. The number of carbonyl (C=O) groups excluding carboxylic acids is 1. The minimum atomic E-state index is -0.0238. The predicted molar refractivity (Wildman–Crippen MR) is 95.4 cm³/mol. The highest BCUT2D eigenvalue weighted by molar-refractivity contribution is 9.10. The Balaban J connectivity index is 1.96. The third kappa shape index (κ3) is 4.73. The molecule has 0 aliphatic heterocycles. The lowest BCUT2D eigenvalue weighted by Crippen LogP contribution is -2.12. The van der Waals surface area contributed by atoms with Crippen LogP contribution in [0.5, 0.6) is 11.5 Å². The first-order valence-electron chi connectivity index (χ1n) is 7.30. The van der Waals surface area contributed by atoms with E-state index < -0.39 is 0 Å². The van der Waals surface area contributed by atoms with Crippen molar-refractivity contribution in [2.24, 2.45) is 0 Å². The number of hydrogen-bond donors (Lipinski definition) is 1. The molecule has 23 heavy (non-hydrogen) atoms. The molecule has 0 unspecified atom stereocenters. The summed E-state index contributed by atoms with van der Waals surface area (Å²) >= 11 is 3.46. The molecule has 2 aromatic carbocycles. The van der Waals surface area contributed by atoms with E-state index in [0.29, 0.717) is 24.3 Å². The third-order valence-corrected chi connectivity index (χ3v) is 4.14. The molecule has 0 heterocycles. The van der Waals surface area contributed by atoms with Gasteiger partial charge >= 0.3 is 0 Å². The molecule has 0 saturated carbocycles. The van der Waals surface area contributed by atoms with Crippen LogP contribution in [0, 0.1) is 6.92 Å². The SMILES string of the molecule is COc1ccc(CCC(=O)Nc2ccc(C)cc2Br)cc1OC. The van der Waals surface area contributed by atoms with Crippen molar-refractivity contribution in [3.05, 3.63) is 52.0 Å². The summed E-state index contributed by atoms with van der Waals surface area (Å²) < 4.78 is 11.4. The Bertz CT molecular complexity index is 701. The zero-order valence-electron chi connectivity index (χ0n) is 13.5. The second-order valence-electron chi connectivity index (χ2n) is 5.22. The van der Waals surface area contributed by atoms with E-state index in [0.717, 1.165) is 21.3 Å². The molecule has 0 aliphatic rings. The number of ether oxygens (including phenoxy) is 2. The van der Waals surface area contributed by atoms with Gasteiger partial charge in [-0.05, 0) is 64.7 Å². The smallest absolute Gasteiger partial charge is 0.224 e. The monoisotopic (exact) mass is 377 g/mol. The molecule has 0 bridgehead atoms. The van der Waals surface area contributed by atoms with Crippen LogP contribution in [0.15, 0.2) is 40.9 Å². The van der Waals surface area contributed by atoms with Crippen molar-refractivity contribution in [2.45, 2.75) is 19.8 Å². The van der Waals surface area contributed by atoms with Crippen molar-refractivity contribution in [2.75, 3.05) is 19.5 Å². The summed E-state index contributed by atoms with van der Waals surface area (Å²) in [6.07, 6.45) is 1.03. The molecule has 0 spiro atoms. The quantitative estimate of drug-likeness (QED) is 0.813. The van der Waals surface area contributed by atoms with Gasteiger partial charge in [0.2, 0.25) is 5.91 Å². The molecule has 2 rings (SSSR count). The number of aryl methyl sites for hydroxylation is 2. The van der Waals surface area contributed by atoms with Crippen molar-refractivity contribution in [3.8, 4) is 11.5 Å². The highest BCUT2D eigenvalue weighted by Gasteiger charge is 2.08. The van der Waals surface area contributed by atoms with Gasteiger partial charge in [-0.25, -0.2) is 0 Å². The van der Waals surface area contributed by atoms with E-state index in [-0.39, 0.29) is 5.91 Å². The summed E-state index contributed by atoms with van der Waals surface area (Å²) in [6.45, 7) is 2.01. The fourth-order valence-corrected chi connectivity index (χ4v) is 2.82. The van der Waals surface area contributed by atoms with Crippen LogP contribution in [-0.4, -0.2) is 20.1 Å². The maximum absolute atomic E-state index is 12.1.